The average Bonchev–Trinajstić information content (AvgIpc) is 2.90. The number of anilines is 1. The van der Waals surface area contributed by atoms with Crippen molar-refractivity contribution in [2.45, 2.75) is 0 Å². The smallest absolute Gasteiger partial charge is 0.264 e. The summed E-state index contributed by atoms with van der Waals surface area (Å²) in [7, 11) is 4.00. The molecule has 1 heterocycles. The van der Waals surface area contributed by atoms with E-state index in [1.807, 2.05) is 73.6 Å². The molecule has 1 fully saturated rings. The molecule has 24 heavy (non-hydrogen) atoms. The maximum Gasteiger partial charge on any atom is 0.264 e. The Hall–Kier alpha value is -1.80. The summed E-state index contributed by atoms with van der Waals surface area (Å²) in [5, 5.41) is 3.44. The predicted octanol–water partition coefficient (Wildman–Crippen LogP) is 4.25. The number of nitrogens with one attached hydrogen (secondary N) is 1. The molecule has 1 N–H and O–H groups in total. The van der Waals surface area contributed by atoms with Gasteiger partial charge in [-0.1, -0.05) is 24.3 Å². The molecular formula is C18H16IN3OS. The molecule has 4 nitrogen and oxygen atoms in total. The van der Waals surface area contributed by atoms with Crippen LogP contribution >= 0.6 is 34.4 Å². The zero-order valence-electron chi connectivity index (χ0n) is 13.3. The highest BCUT2D eigenvalue weighted by Gasteiger charge is 2.23. The number of carbonyl (C=O) groups is 1. The fourth-order valence-corrected chi connectivity index (χ4v) is 3.50. The van der Waals surface area contributed by atoms with Crippen molar-refractivity contribution in [3.8, 4) is 0 Å². The highest BCUT2D eigenvalue weighted by atomic mass is 127. The van der Waals surface area contributed by atoms with Gasteiger partial charge in [-0.3, -0.25) is 4.79 Å². The third-order valence-electron chi connectivity index (χ3n) is 3.43. The fourth-order valence-electron chi connectivity index (χ4n) is 2.15. The molecule has 0 bridgehead atoms. The Kier molecular flexibility index (Phi) is 5.25. The van der Waals surface area contributed by atoms with Crippen molar-refractivity contribution >= 4 is 62.9 Å². The number of rotatable bonds is 3. The van der Waals surface area contributed by atoms with Crippen molar-refractivity contribution < 1.29 is 4.79 Å². The number of benzene rings is 2. The van der Waals surface area contributed by atoms with E-state index in [2.05, 4.69) is 32.9 Å². The lowest BCUT2D eigenvalue weighted by Crippen LogP contribution is -2.19. The van der Waals surface area contributed by atoms with E-state index in [-0.39, 0.29) is 5.91 Å². The van der Waals surface area contributed by atoms with Gasteiger partial charge < -0.3 is 10.2 Å². The third kappa shape index (κ3) is 3.99. The van der Waals surface area contributed by atoms with Crippen LogP contribution in [0.4, 0.5) is 11.4 Å². The standard InChI is InChI=1S/C18H16IN3OS/c1-22(2)13-9-7-12(8-10-13)11-16-17(23)21-18(24-16)20-15-6-4-3-5-14(15)19/h3-11H,1-2H3,(H,20,21,23)/b16-11+. The van der Waals surface area contributed by atoms with Crippen molar-refractivity contribution in [1.29, 1.82) is 0 Å². The van der Waals surface area contributed by atoms with Crippen LogP contribution in [-0.2, 0) is 4.79 Å². The number of amides is 1. The van der Waals surface area contributed by atoms with E-state index in [1.54, 1.807) is 0 Å². The molecule has 1 saturated heterocycles. The van der Waals surface area contributed by atoms with Gasteiger partial charge in [0.25, 0.3) is 5.91 Å². The molecule has 0 aliphatic carbocycles. The number of carbonyl (C=O) groups excluding carboxylic acids is 1. The quantitative estimate of drug-likeness (QED) is 0.563. The lowest BCUT2D eigenvalue weighted by atomic mass is 10.2. The molecular weight excluding hydrogens is 433 g/mol. The van der Waals surface area contributed by atoms with Crippen LogP contribution in [0.25, 0.3) is 6.08 Å². The summed E-state index contributed by atoms with van der Waals surface area (Å²) >= 11 is 3.60. The van der Waals surface area contributed by atoms with Gasteiger partial charge in [0.15, 0.2) is 5.17 Å². The van der Waals surface area contributed by atoms with Crippen LogP contribution in [0.15, 0.2) is 58.4 Å². The first-order chi connectivity index (χ1) is 11.5. The number of halogens is 1. The second-order valence-corrected chi connectivity index (χ2v) is 7.61. The van der Waals surface area contributed by atoms with Gasteiger partial charge in [0.2, 0.25) is 0 Å². The summed E-state index contributed by atoms with van der Waals surface area (Å²) in [5.41, 5.74) is 2.98. The molecule has 0 unspecified atom stereocenters. The average molecular weight is 449 g/mol. The molecule has 2 aromatic carbocycles. The minimum absolute atomic E-state index is 0.110. The van der Waals surface area contributed by atoms with E-state index in [0.29, 0.717) is 10.1 Å². The second-order valence-electron chi connectivity index (χ2n) is 5.42. The molecule has 6 heteroatoms. The van der Waals surface area contributed by atoms with E-state index < -0.39 is 0 Å². The summed E-state index contributed by atoms with van der Waals surface area (Å²) in [6.45, 7) is 0. The Morgan fingerprint density at radius 2 is 1.83 bits per heavy atom. The van der Waals surface area contributed by atoms with Crippen LogP contribution in [0, 0.1) is 3.57 Å². The molecule has 0 atom stereocenters. The van der Waals surface area contributed by atoms with Gasteiger partial charge in [0.1, 0.15) is 0 Å². The molecule has 1 aliphatic heterocycles. The zero-order chi connectivity index (χ0) is 17.1. The summed E-state index contributed by atoms with van der Waals surface area (Å²) in [4.78, 5) is 19.4. The van der Waals surface area contributed by atoms with E-state index in [1.165, 1.54) is 11.8 Å². The van der Waals surface area contributed by atoms with Gasteiger partial charge in [-0.2, -0.15) is 0 Å². The molecule has 0 radical (unpaired) electrons. The Balaban J connectivity index is 1.81. The van der Waals surface area contributed by atoms with Gasteiger partial charge in [0.05, 0.1) is 10.6 Å². The van der Waals surface area contributed by atoms with Crippen molar-refractivity contribution in [3.05, 3.63) is 62.6 Å². The minimum Gasteiger partial charge on any atom is -0.378 e. The maximum absolute atomic E-state index is 12.1. The molecule has 2 aromatic rings. The number of para-hydroxylation sites is 1. The van der Waals surface area contributed by atoms with E-state index in [9.17, 15) is 4.79 Å². The van der Waals surface area contributed by atoms with E-state index in [0.717, 1.165) is 20.5 Å². The number of aliphatic imine (C=N–C) groups is 1. The van der Waals surface area contributed by atoms with E-state index >= 15 is 0 Å². The molecule has 122 valence electrons. The maximum atomic E-state index is 12.1. The summed E-state index contributed by atoms with van der Waals surface area (Å²) in [6, 6.07) is 15.9. The number of hydrogen-bond acceptors (Lipinski definition) is 4. The fraction of sp³-hybridized carbons (Fsp3) is 0.111. The number of thioether (sulfide) groups is 1. The van der Waals surface area contributed by atoms with Gasteiger partial charge in [-0.15, -0.1) is 0 Å². The first kappa shape index (κ1) is 17.0. The van der Waals surface area contributed by atoms with Gasteiger partial charge in [-0.25, -0.2) is 4.99 Å². The molecule has 0 saturated carbocycles. The summed E-state index contributed by atoms with van der Waals surface area (Å²) < 4.78 is 1.05. The molecule has 3 rings (SSSR count). The largest absolute Gasteiger partial charge is 0.378 e. The van der Waals surface area contributed by atoms with Crippen LogP contribution in [0.3, 0.4) is 0 Å². The van der Waals surface area contributed by atoms with Crippen LogP contribution in [0.1, 0.15) is 5.56 Å². The minimum atomic E-state index is -0.110. The number of amidine groups is 1. The van der Waals surface area contributed by atoms with Crippen molar-refractivity contribution in [2.75, 3.05) is 19.0 Å². The van der Waals surface area contributed by atoms with E-state index in [4.69, 9.17) is 0 Å². The molecule has 1 amide bonds. The Labute approximate surface area is 159 Å². The Morgan fingerprint density at radius 3 is 2.50 bits per heavy atom. The number of hydrogen-bond donors (Lipinski definition) is 1. The molecule has 0 aromatic heterocycles. The second kappa shape index (κ2) is 7.40. The topological polar surface area (TPSA) is 44.7 Å². The van der Waals surface area contributed by atoms with Gasteiger partial charge >= 0.3 is 0 Å². The van der Waals surface area contributed by atoms with Crippen LogP contribution < -0.4 is 10.2 Å². The highest BCUT2D eigenvalue weighted by Crippen LogP contribution is 2.29. The normalized spacial score (nSPS) is 17.4. The van der Waals surface area contributed by atoms with Gasteiger partial charge in [-0.05, 0) is 70.3 Å². The van der Waals surface area contributed by atoms with Crippen LogP contribution in [0.5, 0.6) is 0 Å². The predicted molar refractivity (Wildman–Crippen MR) is 111 cm³/mol. The van der Waals surface area contributed by atoms with Crippen LogP contribution in [-0.4, -0.2) is 25.2 Å². The summed E-state index contributed by atoms with van der Waals surface area (Å²) in [5.74, 6) is -0.110. The highest BCUT2D eigenvalue weighted by molar-refractivity contribution is 14.1. The van der Waals surface area contributed by atoms with Crippen molar-refractivity contribution in [2.24, 2.45) is 4.99 Å². The monoisotopic (exact) mass is 449 g/mol. The lowest BCUT2D eigenvalue weighted by molar-refractivity contribution is -0.115. The number of nitrogens with zero attached hydrogens (tertiary/aromatic N) is 2. The van der Waals surface area contributed by atoms with Crippen molar-refractivity contribution in [3.63, 3.8) is 0 Å². The summed E-state index contributed by atoms with van der Waals surface area (Å²) in [6.07, 6.45) is 1.89. The SMILES string of the molecule is CN(C)c1ccc(/C=C2/SC(=Nc3ccccc3I)NC2=O)cc1. The first-order valence-electron chi connectivity index (χ1n) is 7.34. The Morgan fingerprint density at radius 1 is 1.12 bits per heavy atom. The lowest BCUT2D eigenvalue weighted by Gasteiger charge is -2.11. The third-order valence-corrected chi connectivity index (χ3v) is 5.25. The van der Waals surface area contributed by atoms with Crippen LogP contribution in [0.2, 0.25) is 0 Å². The molecule has 0 spiro atoms. The first-order valence-corrected chi connectivity index (χ1v) is 9.24. The van der Waals surface area contributed by atoms with Gasteiger partial charge in [0, 0.05) is 23.4 Å². The zero-order valence-corrected chi connectivity index (χ0v) is 16.3. The Bertz CT molecular complexity index is 828. The molecule has 1 aliphatic rings. The van der Waals surface area contributed by atoms with Crippen molar-refractivity contribution in [1.82, 2.24) is 5.32 Å².